The molecule has 2 aromatic rings. The van der Waals surface area contributed by atoms with Crippen LogP contribution in [0.25, 0.3) is 0 Å². The predicted octanol–water partition coefficient (Wildman–Crippen LogP) is 1.88. The molecule has 0 unspecified atom stereocenters. The van der Waals surface area contributed by atoms with E-state index in [9.17, 15) is 4.79 Å². The Morgan fingerprint density at radius 1 is 1.23 bits per heavy atom. The maximum atomic E-state index is 12.9. The lowest BCUT2D eigenvalue weighted by atomic mass is 10.0. The number of benzene rings is 1. The van der Waals surface area contributed by atoms with Crippen molar-refractivity contribution in [3.05, 3.63) is 41.6 Å². The number of nitrogens with zero attached hydrogens (tertiary/aromatic N) is 4. The number of hydrogen-bond donors (Lipinski definition) is 2. The van der Waals surface area contributed by atoms with Crippen LogP contribution in [0, 0.1) is 0 Å². The Kier molecular flexibility index (Phi) is 5.62. The molecule has 1 aromatic carbocycles. The number of aromatic nitrogens is 1. The van der Waals surface area contributed by atoms with Crippen LogP contribution in [0.15, 0.2) is 40.4 Å². The molecule has 4 rings (SSSR count). The second-order valence-electron chi connectivity index (χ2n) is 6.79. The number of ether oxygens (including phenoxy) is 2. The van der Waals surface area contributed by atoms with Crippen LogP contribution in [-0.4, -0.2) is 72.9 Å². The van der Waals surface area contributed by atoms with Crippen molar-refractivity contribution in [3.8, 4) is 11.5 Å². The summed E-state index contributed by atoms with van der Waals surface area (Å²) >= 11 is 0. The first kappa shape index (κ1) is 19.8. The van der Waals surface area contributed by atoms with Crippen molar-refractivity contribution in [2.45, 2.75) is 6.42 Å². The quantitative estimate of drug-likeness (QED) is 0.641. The Bertz CT molecular complexity index is 1020. The molecule has 0 amide bonds. The smallest absolute Gasteiger partial charge is 0.171 e. The molecule has 0 aliphatic carbocycles. The Balaban J connectivity index is 1.60. The summed E-state index contributed by atoms with van der Waals surface area (Å²) in [5.74, 6) is 3.17. The highest BCUT2D eigenvalue weighted by molar-refractivity contribution is 6.21. The minimum atomic E-state index is -0.0786. The fourth-order valence-electron chi connectivity index (χ4n) is 3.50. The number of rotatable bonds is 8. The van der Waals surface area contributed by atoms with Gasteiger partial charge in [-0.05, 0) is 18.2 Å². The number of pyridine rings is 1. The minimum Gasteiger partial charge on any atom is -0.493 e. The van der Waals surface area contributed by atoms with Crippen LogP contribution in [-0.2, 0) is 0 Å². The van der Waals surface area contributed by atoms with Gasteiger partial charge in [0.25, 0.3) is 0 Å². The van der Waals surface area contributed by atoms with E-state index >= 15 is 0 Å². The summed E-state index contributed by atoms with van der Waals surface area (Å²) < 4.78 is 10.8. The number of carbonyl (C=O) groups is 1. The molecule has 2 aliphatic rings. The van der Waals surface area contributed by atoms with E-state index in [2.05, 4.69) is 15.3 Å². The van der Waals surface area contributed by atoms with Gasteiger partial charge < -0.3 is 24.8 Å². The minimum absolute atomic E-state index is 0.0139. The summed E-state index contributed by atoms with van der Waals surface area (Å²) in [5, 5.41) is 11.8. The molecule has 2 N–H and O–H groups in total. The zero-order chi connectivity index (χ0) is 21.1. The first-order valence-electron chi connectivity index (χ1n) is 9.64. The number of carbonyl (C=O) groups excluding carboxylic acids is 1. The molecule has 0 radical (unpaired) electrons. The van der Waals surface area contributed by atoms with E-state index < -0.39 is 0 Å². The molecule has 0 spiro atoms. The lowest BCUT2D eigenvalue weighted by Gasteiger charge is -2.28. The lowest BCUT2D eigenvalue weighted by molar-refractivity contribution is 0.0998. The second kappa shape index (κ2) is 8.50. The standard InChI is InChI=1S/C21H23N5O4/c1-29-17-9-14-15(10-18(17)30-2)25-20(26-7-5-23-21(14)26)11-16(28)13-3-4-19(24-12-13)22-6-8-27/h3-4,9-10,12,27H,5-8,11H2,1-2H3,(H,22,24). The van der Waals surface area contributed by atoms with Gasteiger partial charge in [-0.15, -0.1) is 0 Å². The van der Waals surface area contributed by atoms with E-state index in [1.54, 1.807) is 32.4 Å². The maximum Gasteiger partial charge on any atom is 0.171 e. The number of aliphatic hydroxyl groups excluding tert-OH is 1. The molecule has 30 heavy (non-hydrogen) atoms. The summed E-state index contributed by atoms with van der Waals surface area (Å²) in [6.45, 7) is 1.74. The monoisotopic (exact) mass is 409 g/mol. The number of hydrogen-bond acceptors (Lipinski definition) is 9. The first-order valence-corrected chi connectivity index (χ1v) is 9.64. The number of nitrogens with one attached hydrogen (secondary N) is 1. The zero-order valence-corrected chi connectivity index (χ0v) is 16.9. The Hall–Kier alpha value is -3.46. The largest absolute Gasteiger partial charge is 0.493 e. The van der Waals surface area contributed by atoms with Crippen molar-refractivity contribution in [1.29, 1.82) is 0 Å². The summed E-state index contributed by atoms with van der Waals surface area (Å²) in [5.41, 5.74) is 2.07. The highest BCUT2D eigenvalue weighted by atomic mass is 16.5. The van der Waals surface area contributed by atoms with Gasteiger partial charge in [-0.1, -0.05) is 0 Å². The van der Waals surface area contributed by atoms with Gasteiger partial charge in [0, 0.05) is 36.5 Å². The Morgan fingerprint density at radius 3 is 2.73 bits per heavy atom. The van der Waals surface area contributed by atoms with E-state index in [0.717, 1.165) is 11.4 Å². The number of ketones is 1. The molecule has 9 nitrogen and oxygen atoms in total. The molecule has 0 atom stereocenters. The third kappa shape index (κ3) is 3.71. The van der Waals surface area contributed by atoms with Crippen LogP contribution in [0.4, 0.5) is 11.5 Å². The number of methoxy groups -OCH3 is 2. The maximum absolute atomic E-state index is 12.9. The van der Waals surface area contributed by atoms with Crippen LogP contribution in [0.1, 0.15) is 22.3 Å². The molecular weight excluding hydrogens is 386 g/mol. The van der Waals surface area contributed by atoms with Gasteiger partial charge in [0.1, 0.15) is 17.5 Å². The SMILES string of the molecule is COc1cc2c(cc1OC)C1=NCCN1C(CC(=O)c1ccc(NCCO)nc1)=N2. The highest BCUT2D eigenvalue weighted by Crippen LogP contribution is 2.38. The number of amidine groups is 2. The van der Waals surface area contributed by atoms with E-state index in [1.807, 2.05) is 11.0 Å². The van der Waals surface area contributed by atoms with Crippen LogP contribution < -0.4 is 14.8 Å². The van der Waals surface area contributed by atoms with Crippen molar-refractivity contribution >= 4 is 29.0 Å². The van der Waals surface area contributed by atoms with Gasteiger partial charge in [0.15, 0.2) is 17.3 Å². The Morgan fingerprint density at radius 2 is 2.03 bits per heavy atom. The summed E-state index contributed by atoms with van der Waals surface area (Å²) in [6, 6.07) is 7.12. The van der Waals surface area contributed by atoms with Gasteiger partial charge in [-0.25, -0.2) is 9.98 Å². The molecular formula is C21H23N5O4. The fraction of sp³-hybridized carbons (Fsp3) is 0.333. The number of fused-ring (bicyclic) bond motifs is 3. The van der Waals surface area contributed by atoms with Crippen molar-refractivity contribution in [2.24, 2.45) is 9.98 Å². The van der Waals surface area contributed by atoms with Crippen LogP contribution >= 0.6 is 0 Å². The number of anilines is 1. The Labute approximate surface area is 174 Å². The van der Waals surface area contributed by atoms with Gasteiger partial charge in [-0.3, -0.25) is 9.79 Å². The van der Waals surface area contributed by atoms with Gasteiger partial charge in [-0.2, -0.15) is 0 Å². The van der Waals surface area contributed by atoms with Crippen molar-refractivity contribution in [2.75, 3.05) is 45.8 Å². The highest BCUT2D eigenvalue weighted by Gasteiger charge is 2.31. The summed E-state index contributed by atoms with van der Waals surface area (Å²) in [7, 11) is 3.17. The number of Topliss-reactive ketones (excluding diaryl/α,β-unsaturated/α-hetero) is 1. The molecule has 0 bridgehead atoms. The van der Waals surface area contributed by atoms with Gasteiger partial charge in [0.05, 0.1) is 39.5 Å². The van der Waals surface area contributed by atoms with Crippen LogP contribution in [0.5, 0.6) is 11.5 Å². The molecule has 0 saturated heterocycles. The van der Waals surface area contributed by atoms with E-state index in [4.69, 9.17) is 19.6 Å². The van der Waals surface area contributed by atoms with Crippen molar-refractivity contribution in [1.82, 2.24) is 9.88 Å². The first-order chi connectivity index (χ1) is 14.6. The molecule has 1 aromatic heterocycles. The fourth-order valence-corrected chi connectivity index (χ4v) is 3.50. The van der Waals surface area contributed by atoms with Crippen LogP contribution in [0.2, 0.25) is 0 Å². The average Bonchev–Trinajstić information content (AvgIpc) is 3.27. The number of aliphatic imine (C=N–C) groups is 2. The average molecular weight is 409 g/mol. The topological polar surface area (TPSA) is 109 Å². The number of aliphatic hydroxyl groups is 1. The van der Waals surface area contributed by atoms with Crippen molar-refractivity contribution < 1.29 is 19.4 Å². The normalized spacial score (nSPS) is 14.4. The second-order valence-corrected chi connectivity index (χ2v) is 6.79. The predicted molar refractivity (Wildman–Crippen MR) is 114 cm³/mol. The third-order valence-corrected chi connectivity index (χ3v) is 4.97. The zero-order valence-electron chi connectivity index (χ0n) is 16.9. The van der Waals surface area contributed by atoms with E-state index in [0.29, 0.717) is 54.0 Å². The molecule has 3 heterocycles. The van der Waals surface area contributed by atoms with E-state index in [1.165, 1.54) is 6.20 Å². The summed E-state index contributed by atoms with van der Waals surface area (Å²) in [4.78, 5) is 28.4. The summed E-state index contributed by atoms with van der Waals surface area (Å²) in [6.07, 6.45) is 1.67. The molecule has 0 fully saturated rings. The molecule has 0 saturated carbocycles. The van der Waals surface area contributed by atoms with Gasteiger partial charge >= 0.3 is 0 Å². The molecule has 156 valence electrons. The van der Waals surface area contributed by atoms with E-state index in [-0.39, 0.29) is 18.8 Å². The molecule has 9 heteroatoms. The van der Waals surface area contributed by atoms with Crippen LogP contribution in [0.3, 0.4) is 0 Å². The van der Waals surface area contributed by atoms with Crippen molar-refractivity contribution in [3.63, 3.8) is 0 Å². The lowest BCUT2D eigenvalue weighted by Crippen LogP contribution is -2.38. The molecule has 2 aliphatic heterocycles. The van der Waals surface area contributed by atoms with Gasteiger partial charge in [0.2, 0.25) is 0 Å². The third-order valence-electron chi connectivity index (χ3n) is 4.97.